The zero-order valence-corrected chi connectivity index (χ0v) is 13.4. The molecule has 0 aliphatic heterocycles. The molecule has 1 atom stereocenters. The summed E-state index contributed by atoms with van der Waals surface area (Å²) in [6, 6.07) is 0. The Balaban J connectivity index is 1.40. The monoisotopic (exact) mass is 296 g/mol. The summed E-state index contributed by atoms with van der Waals surface area (Å²) in [6.45, 7) is 1.13. The van der Waals surface area contributed by atoms with Crippen molar-refractivity contribution in [1.29, 1.82) is 0 Å². The number of hydrogen-bond donors (Lipinski definition) is 1. The summed E-state index contributed by atoms with van der Waals surface area (Å²) >= 11 is 0. The average molecular weight is 296 g/mol. The Kier molecular flexibility index (Phi) is 7.01. The molecule has 2 saturated carbocycles. The van der Waals surface area contributed by atoms with E-state index >= 15 is 0 Å². The molecule has 2 rings (SSSR count). The fourth-order valence-electron chi connectivity index (χ4n) is 3.37. The lowest BCUT2D eigenvalue weighted by Gasteiger charge is -2.15. The quantitative estimate of drug-likeness (QED) is 0.385. The summed E-state index contributed by atoms with van der Waals surface area (Å²) in [5.74, 6) is 1.03. The lowest BCUT2D eigenvalue weighted by Crippen LogP contribution is -2.08. The van der Waals surface area contributed by atoms with Crippen LogP contribution >= 0.6 is 0 Å². The van der Waals surface area contributed by atoms with E-state index in [1.165, 1.54) is 57.8 Å². The number of ether oxygens (including phenoxy) is 1. The van der Waals surface area contributed by atoms with Crippen molar-refractivity contribution >= 4 is 6.47 Å². The Hall–Kier alpha value is -0.570. The first-order chi connectivity index (χ1) is 10.2. The fraction of sp³-hybridized carbons (Fsp3) is 0.944. The van der Waals surface area contributed by atoms with Crippen molar-refractivity contribution in [2.75, 3.05) is 6.61 Å². The van der Waals surface area contributed by atoms with Gasteiger partial charge in [0.2, 0.25) is 0 Å². The van der Waals surface area contributed by atoms with Gasteiger partial charge < -0.3 is 9.84 Å². The highest BCUT2D eigenvalue weighted by molar-refractivity contribution is 5.36. The predicted molar refractivity (Wildman–Crippen MR) is 84.0 cm³/mol. The van der Waals surface area contributed by atoms with Crippen molar-refractivity contribution in [1.82, 2.24) is 0 Å². The van der Waals surface area contributed by atoms with Crippen molar-refractivity contribution in [3.05, 3.63) is 0 Å². The molecule has 0 saturated heterocycles. The molecule has 0 spiro atoms. The van der Waals surface area contributed by atoms with E-state index in [0.717, 1.165) is 31.6 Å². The predicted octanol–water partition coefficient (Wildman–Crippen LogP) is 4.22. The van der Waals surface area contributed by atoms with E-state index in [0.29, 0.717) is 18.5 Å². The van der Waals surface area contributed by atoms with E-state index in [1.807, 2.05) is 0 Å². The van der Waals surface area contributed by atoms with Gasteiger partial charge >= 0.3 is 0 Å². The molecule has 0 heterocycles. The number of carbonyl (C=O) groups is 1. The van der Waals surface area contributed by atoms with Crippen molar-refractivity contribution < 1.29 is 14.6 Å². The van der Waals surface area contributed by atoms with E-state index in [4.69, 9.17) is 4.74 Å². The van der Waals surface area contributed by atoms with Gasteiger partial charge in [-0.25, -0.2) is 0 Å². The van der Waals surface area contributed by atoms with Crippen LogP contribution in [0.4, 0.5) is 0 Å². The Bertz CT molecular complexity index is 295. The molecule has 3 heteroatoms. The summed E-state index contributed by atoms with van der Waals surface area (Å²) in [7, 11) is 0. The van der Waals surface area contributed by atoms with Crippen LogP contribution in [0.25, 0.3) is 0 Å². The van der Waals surface area contributed by atoms with Gasteiger partial charge in [0, 0.05) is 0 Å². The molecule has 2 aliphatic carbocycles. The van der Waals surface area contributed by atoms with Crippen LogP contribution in [-0.2, 0) is 9.53 Å². The number of carbonyl (C=O) groups excluding carboxylic acids is 1. The minimum absolute atomic E-state index is 0.0854. The van der Waals surface area contributed by atoms with E-state index in [2.05, 4.69) is 0 Å². The Morgan fingerprint density at radius 3 is 2.43 bits per heavy atom. The van der Waals surface area contributed by atoms with Crippen LogP contribution < -0.4 is 0 Å². The molecule has 122 valence electrons. The Morgan fingerprint density at radius 2 is 1.81 bits per heavy atom. The third kappa shape index (κ3) is 7.30. The maximum absolute atomic E-state index is 10.1. The zero-order valence-electron chi connectivity index (χ0n) is 13.4. The number of aliphatic hydroxyl groups is 1. The highest BCUT2D eigenvalue weighted by Crippen LogP contribution is 2.52. The molecule has 2 fully saturated rings. The van der Waals surface area contributed by atoms with Gasteiger partial charge in [0.1, 0.15) is 0 Å². The van der Waals surface area contributed by atoms with Gasteiger partial charge in [-0.2, -0.15) is 0 Å². The van der Waals surface area contributed by atoms with Crippen molar-refractivity contribution in [2.24, 2.45) is 11.3 Å². The lowest BCUT2D eigenvalue weighted by molar-refractivity contribution is -0.129. The first kappa shape index (κ1) is 16.8. The molecule has 0 aromatic carbocycles. The smallest absolute Gasteiger partial charge is 0.293 e. The van der Waals surface area contributed by atoms with Gasteiger partial charge in [0.05, 0.1) is 12.7 Å². The number of rotatable bonds is 14. The summed E-state index contributed by atoms with van der Waals surface area (Å²) in [4.78, 5) is 10.1. The molecule has 21 heavy (non-hydrogen) atoms. The second kappa shape index (κ2) is 8.77. The van der Waals surface area contributed by atoms with E-state index in [-0.39, 0.29) is 6.10 Å². The van der Waals surface area contributed by atoms with Crippen LogP contribution in [-0.4, -0.2) is 24.3 Å². The van der Waals surface area contributed by atoms with Gasteiger partial charge in [0.15, 0.2) is 0 Å². The third-order valence-corrected chi connectivity index (χ3v) is 5.37. The summed E-state index contributed by atoms with van der Waals surface area (Å²) < 4.78 is 4.81. The topological polar surface area (TPSA) is 46.5 Å². The molecular weight excluding hydrogens is 264 g/mol. The van der Waals surface area contributed by atoms with Crippen LogP contribution in [0.2, 0.25) is 0 Å². The summed E-state index contributed by atoms with van der Waals surface area (Å²) in [6.07, 6.45) is 15.8. The zero-order chi connectivity index (χ0) is 15.0. The number of aliphatic hydroxyl groups excluding tert-OH is 1. The Morgan fingerprint density at radius 1 is 1.10 bits per heavy atom. The normalized spacial score (nSPS) is 21.0. The SMILES string of the molecule is O=COCCC1(CCCCC(O)CCCCC2CC2)CC1. The summed E-state index contributed by atoms with van der Waals surface area (Å²) in [5.41, 5.74) is 0.470. The molecule has 2 aliphatic rings. The number of unbranched alkanes of at least 4 members (excludes halogenated alkanes) is 2. The molecular formula is C18H32O3. The Labute approximate surface area is 129 Å². The minimum atomic E-state index is -0.0854. The average Bonchev–Trinajstić information content (AvgIpc) is 3.37. The van der Waals surface area contributed by atoms with Crippen molar-refractivity contribution in [2.45, 2.75) is 89.6 Å². The fourth-order valence-corrected chi connectivity index (χ4v) is 3.37. The first-order valence-corrected chi connectivity index (χ1v) is 8.97. The highest BCUT2D eigenvalue weighted by atomic mass is 16.5. The second-order valence-corrected chi connectivity index (χ2v) is 7.34. The van der Waals surface area contributed by atoms with E-state index in [1.54, 1.807) is 0 Å². The van der Waals surface area contributed by atoms with Gasteiger partial charge in [-0.05, 0) is 49.9 Å². The molecule has 0 amide bonds. The van der Waals surface area contributed by atoms with Crippen LogP contribution in [0.15, 0.2) is 0 Å². The van der Waals surface area contributed by atoms with Gasteiger partial charge in [-0.15, -0.1) is 0 Å². The molecule has 3 nitrogen and oxygen atoms in total. The van der Waals surface area contributed by atoms with E-state index in [9.17, 15) is 9.90 Å². The molecule has 0 aromatic rings. The molecule has 0 bridgehead atoms. The second-order valence-electron chi connectivity index (χ2n) is 7.34. The van der Waals surface area contributed by atoms with Crippen LogP contribution in [0.1, 0.15) is 83.5 Å². The van der Waals surface area contributed by atoms with Crippen molar-refractivity contribution in [3.63, 3.8) is 0 Å². The van der Waals surface area contributed by atoms with Crippen LogP contribution in [0.5, 0.6) is 0 Å². The van der Waals surface area contributed by atoms with Gasteiger partial charge in [-0.3, -0.25) is 4.79 Å². The maximum Gasteiger partial charge on any atom is 0.293 e. The number of hydrogen-bond acceptors (Lipinski definition) is 3. The van der Waals surface area contributed by atoms with Gasteiger partial charge in [-0.1, -0.05) is 44.9 Å². The molecule has 1 unspecified atom stereocenters. The molecule has 0 radical (unpaired) electrons. The molecule has 1 N–H and O–H groups in total. The maximum atomic E-state index is 10.1. The van der Waals surface area contributed by atoms with E-state index < -0.39 is 0 Å². The van der Waals surface area contributed by atoms with Crippen molar-refractivity contribution in [3.8, 4) is 0 Å². The lowest BCUT2D eigenvalue weighted by atomic mass is 9.94. The standard InChI is InChI=1S/C18H32O3/c19-15-21-14-13-18(11-12-18)10-4-3-7-17(20)6-2-1-5-16-8-9-16/h15-17,20H,1-14H2. The highest BCUT2D eigenvalue weighted by Gasteiger charge is 2.41. The van der Waals surface area contributed by atoms with Gasteiger partial charge in [0.25, 0.3) is 6.47 Å². The van der Waals surface area contributed by atoms with Crippen LogP contribution in [0, 0.1) is 11.3 Å². The third-order valence-electron chi connectivity index (χ3n) is 5.37. The van der Waals surface area contributed by atoms with Crippen LogP contribution in [0.3, 0.4) is 0 Å². The molecule has 0 aromatic heterocycles. The first-order valence-electron chi connectivity index (χ1n) is 8.97. The summed E-state index contributed by atoms with van der Waals surface area (Å²) in [5, 5.41) is 9.99. The largest absolute Gasteiger partial charge is 0.468 e. The minimum Gasteiger partial charge on any atom is -0.468 e.